The number of carbonyl (C=O) groups is 8. The van der Waals surface area contributed by atoms with Gasteiger partial charge in [0.1, 0.15) is 60.2 Å². The Hall–Kier alpha value is -8.01. The van der Waals surface area contributed by atoms with Crippen LogP contribution in [0.1, 0.15) is 146 Å². The quantitative estimate of drug-likeness (QED) is 0.00924. The number of hydrogen-bond acceptors (Lipinski definition) is 29. The normalized spacial score (nSPS) is 26.2. The average Bonchev–Trinajstić information content (AvgIpc) is 0.891. The lowest BCUT2D eigenvalue weighted by atomic mass is 9.80. The fourth-order valence-electron chi connectivity index (χ4n) is 15.9. The van der Waals surface area contributed by atoms with Crippen LogP contribution in [0.5, 0.6) is 5.75 Å². The van der Waals surface area contributed by atoms with E-state index >= 15 is 4.39 Å². The van der Waals surface area contributed by atoms with Gasteiger partial charge in [-0.15, -0.1) is 11.8 Å². The zero-order chi connectivity index (χ0) is 91.8. The molecule has 9 N–H and O–H groups in total. The number of nitrogens with two attached hydrogens (primary N) is 2. The molecule has 2 saturated heterocycles. The Morgan fingerprint density at radius 2 is 1.35 bits per heavy atom. The molecule has 2 bridgehead atoms. The Bertz CT molecular complexity index is 4100. The number of pyridine rings is 1. The lowest BCUT2D eigenvalue weighted by Crippen LogP contribution is -2.61. The molecule has 0 unspecified atom stereocenters. The van der Waals surface area contributed by atoms with Crippen LogP contribution in [0.15, 0.2) is 101 Å². The highest BCUT2D eigenvalue weighted by molar-refractivity contribution is 7.99. The standard InChI is InChI=1S/C93H136FN7O25S/c1-60-15-11-10-12-16-61(2)78(113-8)56-71-22-18-65(6)93(112,126-71)88(107)90(109)101-31-14-13-17-74(101)91(110)124-79(57-75(102)62(3)52-64(5)86(105)87(106)85(104)63(4)51-60)73(95)53-67-19-24-77(80(54-67)114-9)125-92(111)98-29-34-116-37-39-118-41-43-120-45-47-122-49-48-121-46-44-119-42-40-117-38-36-115-33-28-83(103)97-30-50-127-81-26-23-72(66(7)84(81)94)89(108)100-32-35-123-76-25-20-68(55-70(76)59-100)69-21-27-82(96)99-58-69/h10-12,15-16,20-21,23,25-27,52,55,58,60,62-63,65,67,71,73-74,77-80,86-87,105-106,112H,13-14,17-19,22,24,28-51,53-54,56-57,59,95H2,1-9H3,(H2,96,99)(H,97,103)(H,98,111)/b12-10?,15-11+,61-16?,64-52+/t60-,62-,63-,65-,67+,71+,73-,74+,77-,78+,79+,80-,86-,87+,93-/m1/s1. The Kier molecular flexibility index (Phi) is 45.4. The first-order valence-corrected chi connectivity index (χ1v) is 45.5. The zero-order valence-corrected chi connectivity index (χ0v) is 76.0. The summed E-state index contributed by atoms with van der Waals surface area (Å²) in [7, 11) is 3.05. The first-order chi connectivity index (χ1) is 61.1. The van der Waals surface area contributed by atoms with Gasteiger partial charge < -0.3 is 114 Å². The third kappa shape index (κ3) is 33.7. The molecule has 127 heavy (non-hydrogen) atoms. The predicted molar refractivity (Wildman–Crippen MR) is 472 cm³/mol. The van der Waals surface area contributed by atoms with Crippen LogP contribution in [-0.2, 0) is 96.9 Å². The molecule has 34 heteroatoms. The number of hydrogen-bond donors (Lipinski definition) is 7. The van der Waals surface area contributed by atoms with Crippen LogP contribution in [0.25, 0.3) is 11.1 Å². The van der Waals surface area contributed by atoms with Crippen LogP contribution < -0.4 is 26.8 Å². The largest absolute Gasteiger partial charge is 0.491 e. The molecule has 8 rings (SSSR count). The van der Waals surface area contributed by atoms with Crippen molar-refractivity contribution in [1.82, 2.24) is 25.4 Å². The Balaban J connectivity index is 0.636. The van der Waals surface area contributed by atoms with Gasteiger partial charge in [-0.3, -0.25) is 28.8 Å². The SMILES string of the molecule is CO[C@H]1C[C@@H]2CC[C@@H](C)[C@@](O)(O2)C(=O)C(=O)N2CCCC[C@H]2C(=O)O[C@H]([C@H](N)C[C@@H]2CC[C@@H](OC(=O)NCCOCCOCCOCCOCCOCCOCCOCCOCCC(=O)NCCSc3ccc(C(=O)N4CCOc5ccc(-c6ccc(N)nc6)cc5C4)c(C)c3F)[C@H](OC)C2)CC(=O)[C@H](C)/C=C(\C)[C@@H](O)[C@@H](O)C(=O)[C@H](C)C[C@H](C)/C=C/C=CC=C1C. The van der Waals surface area contributed by atoms with E-state index in [1.54, 1.807) is 64.1 Å². The third-order valence-corrected chi connectivity index (χ3v) is 24.6. The van der Waals surface area contributed by atoms with Crippen LogP contribution in [0.3, 0.4) is 0 Å². The van der Waals surface area contributed by atoms with E-state index in [1.165, 1.54) is 31.9 Å². The first-order valence-electron chi connectivity index (χ1n) is 44.5. The molecule has 1 saturated carbocycles. The van der Waals surface area contributed by atoms with Crippen molar-refractivity contribution in [3.63, 3.8) is 0 Å². The van der Waals surface area contributed by atoms with E-state index in [0.717, 1.165) is 27.2 Å². The van der Waals surface area contributed by atoms with Crippen LogP contribution in [-0.4, -0.2) is 296 Å². The number of aromatic nitrogens is 1. The fraction of sp³-hybridized carbons (Fsp3) is 0.645. The molecule has 0 radical (unpaired) electrons. The number of piperidine rings is 1. The molecule has 5 heterocycles. The molecule has 3 aromatic rings. The van der Waals surface area contributed by atoms with Crippen molar-refractivity contribution in [2.24, 2.45) is 35.3 Å². The molecule has 15 atom stereocenters. The number of rotatable bonds is 39. The van der Waals surface area contributed by atoms with Gasteiger partial charge in [0.25, 0.3) is 17.6 Å². The van der Waals surface area contributed by atoms with Crippen LogP contribution >= 0.6 is 11.8 Å². The number of ether oxygens (including phenoxy) is 14. The number of ketones is 3. The fourth-order valence-corrected chi connectivity index (χ4v) is 16.8. The number of thioether (sulfide) groups is 1. The van der Waals surface area contributed by atoms with Gasteiger partial charge in [0.15, 0.2) is 5.78 Å². The van der Waals surface area contributed by atoms with E-state index in [2.05, 4.69) is 15.6 Å². The van der Waals surface area contributed by atoms with E-state index in [0.29, 0.717) is 186 Å². The summed E-state index contributed by atoms with van der Waals surface area (Å²) in [5.41, 5.74) is 16.9. The van der Waals surface area contributed by atoms with Gasteiger partial charge in [0, 0.05) is 117 Å². The van der Waals surface area contributed by atoms with Gasteiger partial charge in [0.2, 0.25) is 11.7 Å². The number of allylic oxidation sites excluding steroid dienone is 6. The summed E-state index contributed by atoms with van der Waals surface area (Å²) in [6.45, 7) is 18.6. The Morgan fingerprint density at radius 1 is 0.701 bits per heavy atom. The molecular formula is C93H136FN7O25S. The maximum atomic E-state index is 15.7. The highest BCUT2D eigenvalue weighted by Crippen LogP contribution is 2.39. The minimum Gasteiger partial charge on any atom is -0.491 e. The van der Waals surface area contributed by atoms with Crippen molar-refractivity contribution >= 4 is 64.7 Å². The van der Waals surface area contributed by atoms with Crippen molar-refractivity contribution < 1.29 is 124 Å². The molecule has 4 amide bonds. The number of nitrogens with one attached hydrogen (secondary N) is 2. The number of amides is 4. The number of aliphatic hydroxyl groups excluding tert-OH is 2. The summed E-state index contributed by atoms with van der Waals surface area (Å²) in [5, 5.41) is 40.1. The second kappa shape index (κ2) is 55.2. The molecule has 4 aliphatic heterocycles. The van der Waals surface area contributed by atoms with Crippen LogP contribution in [0.4, 0.5) is 15.0 Å². The molecular weight excluding hydrogens is 1670 g/mol. The molecule has 3 fully saturated rings. The number of methoxy groups -OCH3 is 2. The minimum absolute atomic E-state index is 0.00516. The maximum Gasteiger partial charge on any atom is 0.407 e. The lowest BCUT2D eigenvalue weighted by molar-refractivity contribution is -0.265. The summed E-state index contributed by atoms with van der Waals surface area (Å²) in [5.74, 6) is -8.75. The number of halogens is 1. The van der Waals surface area contributed by atoms with E-state index in [-0.39, 0.29) is 98.9 Å². The summed E-state index contributed by atoms with van der Waals surface area (Å²) in [4.78, 5) is 118. The summed E-state index contributed by atoms with van der Waals surface area (Å²) in [6.07, 6.45) is 8.55. The number of anilines is 1. The minimum atomic E-state index is -2.51. The van der Waals surface area contributed by atoms with Crippen LogP contribution in [0.2, 0.25) is 0 Å². The average molecular weight is 1800 g/mol. The predicted octanol–water partition coefficient (Wildman–Crippen LogP) is 8.51. The molecule has 5 aliphatic rings. The topological polar surface area (TPSA) is 422 Å². The third-order valence-electron chi connectivity index (χ3n) is 23.5. The van der Waals surface area contributed by atoms with Crippen molar-refractivity contribution in [1.29, 1.82) is 0 Å². The number of nitrogen functional groups attached to an aromatic ring is 1. The monoisotopic (exact) mass is 1800 g/mol. The second-order valence-electron chi connectivity index (χ2n) is 33.1. The number of esters is 1. The number of fused-ring (bicyclic) bond motifs is 4. The van der Waals surface area contributed by atoms with Gasteiger partial charge in [-0.05, 0) is 155 Å². The highest BCUT2D eigenvalue weighted by atomic mass is 32.2. The van der Waals surface area contributed by atoms with Crippen molar-refractivity contribution in [3.05, 3.63) is 119 Å². The Labute approximate surface area is 750 Å². The number of cyclic esters (lactones) is 1. The first kappa shape index (κ1) is 104. The summed E-state index contributed by atoms with van der Waals surface area (Å²) < 4.78 is 96.2. The molecule has 0 spiro atoms. The van der Waals surface area contributed by atoms with Crippen LogP contribution in [0, 0.1) is 42.3 Å². The number of alkyl carbamates (subject to hydrolysis) is 1. The molecule has 1 aromatic heterocycles. The summed E-state index contributed by atoms with van der Waals surface area (Å²) >= 11 is 1.26. The van der Waals surface area contributed by atoms with E-state index in [9.17, 15) is 53.7 Å². The zero-order valence-electron chi connectivity index (χ0n) is 75.2. The van der Waals surface area contributed by atoms with Gasteiger partial charge >= 0.3 is 12.1 Å². The lowest BCUT2D eigenvalue weighted by Gasteiger charge is -2.42. The van der Waals surface area contributed by atoms with Crippen molar-refractivity contribution in [2.45, 2.75) is 204 Å². The summed E-state index contributed by atoms with van der Waals surface area (Å²) in [6, 6.07) is 10.4. The van der Waals surface area contributed by atoms with Crippen molar-refractivity contribution in [3.8, 4) is 16.9 Å². The number of nitrogens with zero attached hydrogens (tertiary/aromatic N) is 3. The number of Topliss-reactive ketones (excluding diaryl/α,β-unsaturated/α-hetero) is 3. The maximum absolute atomic E-state index is 15.7. The van der Waals surface area contributed by atoms with Crippen molar-refractivity contribution in [2.75, 3.05) is 164 Å². The number of aliphatic hydroxyl groups is 3. The molecule has 2 aromatic carbocycles. The van der Waals surface area contributed by atoms with Gasteiger partial charge in [-0.1, -0.05) is 70.2 Å². The smallest absolute Gasteiger partial charge is 0.407 e. The molecule has 1 aliphatic carbocycles. The number of carbonyl (C=O) groups excluding carboxylic acids is 8. The number of benzene rings is 2. The second-order valence-corrected chi connectivity index (χ2v) is 34.3. The Morgan fingerprint density at radius 3 is 2.00 bits per heavy atom. The van der Waals surface area contributed by atoms with Gasteiger partial charge in [0.05, 0.1) is 131 Å². The molecule has 706 valence electrons. The highest BCUT2D eigenvalue weighted by Gasteiger charge is 2.53. The molecule has 32 nitrogen and oxygen atoms in total. The van der Waals surface area contributed by atoms with E-state index in [4.69, 9.17) is 77.8 Å². The van der Waals surface area contributed by atoms with Gasteiger partial charge in [-0.25, -0.2) is 19.0 Å². The van der Waals surface area contributed by atoms with E-state index < -0.39 is 126 Å². The van der Waals surface area contributed by atoms with Gasteiger partial charge in [-0.2, -0.15) is 0 Å². The van der Waals surface area contributed by atoms with E-state index in [1.807, 2.05) is 68.5 Å².